The Morgan fingerprint density at radius 2 is 2.00 bits per heavy atom. The molecule has 0 atom stereocenters. The van der Waals surface area contributed by atoms with E-state index in [0.717, 1.165) is 4.47 Å². The number of carboxylic acid groups (broad SMARTS) is 1. The standard InChI is InChI=1S/C17H13BrN2O3/c1-20-15(8-10-4-2-3-5-12(10)17(22)23)19-14-7-6-11(18)9-13(14)16(20)21/h2-7,9H,8H2,1H3,(H,22,23). The van der Waals surface area contributed by atoms with E-state index in [9.17, 15) is 14.7 Å². The van der Waals surface area contributed by atoms with Crippen molar-refractivity contribution >= 4 is 32.8 Å². The van der Waals surface area contributed by atoms with Crippen molar-refractivity contribution in [2.24, 2.45) is 7.05 Å². The lowest BCUT2D eigenvalue weighted by Gasteiger charge is -2.11. The molecule has 0 amide bonds. The third-order valence-corrected chi connectivity index (χ3v) is 4.22. The second kappa shape index (κ2) is 5.96. The molecule has 1 aromatic heterocycles. The van der Waals surface area contributed by atoms with E-state index in [4.69, 9.17) is 0 Å². The minimum Gasteiger partial charge on any atom is -0.478 e. The predicted molar refractivity (Wildman–Crippen MR) is 90.9 cm³/mol. The molecule has 0 saturated carbocycles. The Bertz CT molecular complexity index is 979. The summed E-state index contributed by atoms with van der Waals surface area (Å²) in [5.41, 5.74) is 1.29. The van der Waals surface area contributed by atoms with E-state index in [-0.39, 0.29) is 17.5 Å². The van der Waals surface area contributed by atoms with E-state index in [0.29, 0.717) is 22.3 Å². The number of carboxylic acids is 1. The van der Waals surface area contributed by atoms with Gasteiger partial charge < -0.3 is 5.11 Å². The lowest BCUT2D eigenvalue weighted by Crippen LogP contribution is -2.23. The van der Waals surface area contributed by atoms with Crippen molar-refractivity contribution < 1.29 is 9.90 Å². The second-order valence-corrected chi connectivity index (χ2v) is 6.11. The molecular weight excluding hydrogens is 360 g/mol. The van der Waals surface area contributed by atoms with Crippen molar-refractivity contribution in [3.8, 4) is 0 Å². The van der Waals surface area contributed by atoms with Crippen LogP contribution >= 0.6 is 15.9 Å². The van der Waals surface area contributed by atoms with Gasteiger partial charge in [-0.2, -0.15) is 0 Å². The van der Waals surface area contributed by atoms with Crippen molar-refractivity contribution in [3.05, 3.63) is 74.2 Å². The lowest BCUT2D eigenvalue weighted by atomic mass is 10.0. The molecule has 1 N–H and O–H groups in total. The number of hydrogen-bond acceptors (Lipinski definition) is 3. The second-order valence-electron chi connectivity index (χ2n) is 5.19. The number of hydrogen-bond donors (Lipinski definition) is 1. The fourth-order valence-corrected chi connectivity index (χ4v) is 2.86. The molecule has 0 unspecified atom stereocenters. The van der Waals surface area contributed by atoms with Crippen LogP contribution in [0.2, 0.25) is 0 Å². The summed E-state index contributed by atoms with van der Waals surface area (Å²) in [6, 6.07) is 12.1. The molecule has 0 bridgehead atoms. The quantitative estimate of drug-likeness (QED) is 0.766. The van der Waals surface area contributed by atoms with Gasteiger partial charge in [-0.3, -0.25) is 9.36 Å². The number of fused-ring (bicyclic) bond motifs is 1. The largest absolute Gasteiger partial charge is 0.478 e. The Hall–Kier alpha value is -2.47. The van der Waals surface area contributed by atoms with Crippen LogP contribution in [0.1, 0.15) is 21.7 Å². The first-order valence-corrected chi connectivity index (χ1v) is 7.73. The Labute approximate surface area is 140 Å². The number of halogens is 1. The van der Waals surface area contributed by atoms with Crippen molar-refractivity contribution in [2.75, 3.05) is 0 Å². The van der Waals surface area contributed by atoms with Gasteiger partial charge in [0, 0.05) is 17.9 Å². The first-order valence-electron chi connectivity index (χ1n) is 6.93. The third-order valence-electron chi connectivity index (χ3n) is 3.73. The molecule has 3 aromatic rings. The van der Waals surface area contributed by atoms with Crippen LogP contribution < -0.4 is 5.56 Å². The fourth-order valence-electron chi connectivity index (χ4n) is 2.50. The first-order chi connectivity index (χ1) is 11.0. The van der Waals surface area contributed by atoms with Crippen LogP contribution in [-0.2, 0) is 13.5 Å². The minimum atomic E-state index is -0.990. The highest BCUT2D eigenvalue weighted by atomic mass is 79.9. The monoisotopic (exact) mass is 372 g/mol. The molecule has 2 aromatic carbocycles. The van der Waals surface area contributed by atoms with Crippen LogP contribution in [0.3, 0.4) is 0 Å². The molecule has 0 radical (unpaired) electrons. The average molecular weight is 373 g/mol. The molecule has 0 aliphatic rings. The summed E-state index contributed by atoms with van der Waals surface area (Å²) in [6.45, 7) is 0. The highest BCUT2D eigenvalue weighted by Crippen LogP contribution is 2.18. The van der Waals surface area contributed by atoms with Gasteiger partial charge in [0.1, 0.15) is 5.82 Å². The van der Waals surface area contributed by atoms with Crippen molar-refractivity contribution in [2.45, 2.75) is 6.42 Å². The van der Waals surface area contributed by atoms with Crippen LogP contribution in [0.5, 0.6) is 0 Å². The number of nitrogens with zero attached hydrogens (tertiary/aromatic N) is 2. The van der Waals surface area contributed by atoms with Gasteiger partial charge in [0.05, 0.1) is 16.5 Å². The number of aromatic carboxylic acids is 1. The maximum atomic E-state index is 12.5. The van der Waals surface area contributed by atoms with E-state index in [2.05, 4.69) is 20.9 Å². The maximum absolute atomic E-state index is 12.5. The number of aromatic nitrogens is 2. The van der Waals surface area contributed by atoms with Crippen LogP contribution in [0.25, 0.3) is 10.9 Å². The maximum Gasteiger partial charge on any atom is 0.335 e. The van der Waals surface area contributed by atoms with E-state index in [1.54, 1.807) is 43.4 Å². The summed E-state index contributed by atoms with van der Waals surface area (Å²) in [5, 5.41) is 9.80. The minimum absolute atomic E-state index is 0.154. The summed E-state index contributed by atoms with van der Waals surface area (Å²) >= 11 is 3.35. The van der Waals surface area contributed by atoms with E-state index >= 15 is 0 Å². The van der Waals surface area contributed by atoms with Gasteiger partial charge in [-0.1, -0.05) is 34.1 Å². The average Bonchev–Trinajstić information content (AvgIpc) is 2.53. The Morgan fingerprint density at radius 3 is 2.74 bits per heavy atom. The summed E-state index contributed by atoms with van der Waals surface area (Å²) in [6.07, 6.45) is 0.278. The number of carbonyl (C=O) groups is 1. The van der Waals surface area contributed by atoms with Crippen molar-refractivity contribution in [1.82, 2.24) is 9.55 Å². The van der Waals surface area contributed by atoms with E-state index in [1.807, 2.05) is 6.07 Å². The smallest absolute Gasteiger partial charge is 0.335 e. The van der Waals surface area contributed by atoms with Crippen molar-refractivity contribution in [1.29, 1.82) is 0 Å². The van der Waals surface area contributed by atoms with Gasteiger partial charge in [0.2, 0.25) is 0 Å². The SMILES string of the molecule is Cn1c(Cc2ccccc2C(=O)O)nc2ccc(Br)cc2c1=O. The van der Waals surface area contributed by atoms with Gasteiger partial charge in [0.25, 0.3) is 5.56 Å². The molecule has 116 valence electrons. The summed E-state index contributed by atoms with van der Waals surface area (Å²) in [5.74, 6) is -0.464. The molecule has 6 heteroatoms. The van der Waals surface area contributed by atoms with Gasteiger partial charge >= 0.3 is 5.97 Å². The molecule has 23 heavy (non-hydrogen) atoms. The van der Waals surface area contributed by atoms with Crippen molar-refractivity contribution in [3.63, 3.8) is 0 Å². The van der Waals surface area contributed by atoms with Gasteiger partial charge in [-0.15, -0.1) is 0 Å². The normalized spacial score (nSPS) is 10.9. The number of rotatable bonds is 3. The van der Waals surface area contributed by atoms with Gasteiger partial charge in [-0.05, 0) is 29.8 Å². The Balaban J connectivity index is 2.15. The highest BCUT2D eigenvalue weighted by Gasteiger charge is 2.14. The lowest BCUT2D eigenvalue weighted by molar-refractivity contribution is 0.0696. The fraction of sp³-hybridized carbons (Fsp3) is 0.118. The van der Waals surface area contributed by atoms with Gasteiger partial charge in [0.15, 0.2) is 0 Å². The molecule has 0 aliphatic carbocycles. The molecule has 5 nitrogen and oxygen atoms in total. The molecule has 0 fully saturated rings. The zero-order valence-electron chi connectivity index (χ0n) is 12.3. The first kappa shape index (κ1) is 15.4. The van der Waals surface area contributed by atoms with Crippen LogP contribution in [0.15, 0.2) is 51.7 Å². The number of benzene rings is 2. The van der Waals surface area contributed by atoms with E-state index in [1.165, 1.54) is 4.57 Å². The molecular formula is C17H13BrN2O3. The Kier molecular flexibility index (Phi) is 4.00. The topological polar surface area (TPSA) is 72.2 Å². The zero-order valence-corrected chi connectivity index (χ0v) is 13.9. The third kappa shape index (κ3) is 2.90. The molecule has 0 aliphatic heterocycles. The molecule has 3 rings (SSSR count). The summed E-state index contributed by atoms with van der Waals surface area (Å²) in [7, 11) is 1.65. The highest BCUT2D eigenvalue weighted by molar-refractivity contribution is 9.10. The molecule has 0 saturated heterocycles. The Morgan fingerprint density at radius 1 is 1.26 bits per heavy atom. The summed E-state index contributed by atoms with van der Waals surface area (Å²) in [4.78, 5) is 28.3. The summed E-state index contributed by atoms with van der Waals surface area (Å²) < 4.78 is 2.28. The van der Waals surface area contributed by atoms with Gasteiger partial charge in [-0.25, -0.2) is 9.78 Å². The van der Waals surface area contributed by atoms with Crippen LogP contribution in [0, 0.1) is 0 Å². The van der Waals surface area contributed by atoms with Crippen LogP contribution in [0.4, 0.5) is 0 Å². The zero-order chi connectivity index (χ0) is 16.6. The molecule has 1 heterocycles. The predicted octanol–water partition coefficient (Wildman–Crippen LogP) is 2.99. The molecule has 0 spiro atoms. The van der Waals surface area contributed by atoms with Crippen LogP contribution in [-0.4, -0.2) is 20.6 Å². The van der Waals surface area contributed by atoms with E-state index < -0.39 is 5.97 Å².